The fourth-order valence-corrected chi connectivity index (χ4v) is 5.31. The van der Waals surface area contributed by atoms with Crippen LogP contribution >= 0.6 is 34.5 Å². The number of amides is 2. The second-order valence-electron chi connectivity index (χ2n) is 8.50. The van der Waals surface area contributed by atoms with Crippen LogP contribution in [0.2, 0.25) is 10.0 Å². The van der Waals surface area contributed by atoms with E-state index >= 15 is 0 Å². The van der Waals surface area contributed by atoms with Crippen molar-refractivity contribution in [1.29, 1.82) is 0 Å². The van der Waals surface area contributed by atoms with Crippen molar-refractivity contribution in [1.82, 2.24) is 20.4 Å². The molecule has 2 amide bonds. The molecule has 0 atom stereocenters. The summed E-state index contributed by atoms with van der Waals surface area (Å²) in [5, 5.41) is 10.7. The first-order valence-corrected chi connectivity index (χ1v) is 13.2. The third kappa shape index (κ3) is 6.12. The lowest BCUT2D eigenvalue weighted by Gasteiger charge is -2.31. The van der Waals surface area contributed by atoms with E-state index in [9.17, 15) is 9.59 Å². The summed E-state index contributed by atoms with van der Waals surface area (Å²) in [6.07, 6.45) is 6.04. The summed E-state index contributed by atoms with van der Waals surface area (Å²) in [5.41, 5.74) is 2.18. The summed E-state index contributed by atoms with van der Waals surface area (Å²) in [7, 11) is 0. The Kier molecular flexibility index (Phi) is 7.73. The van der Waals surface area contributed by atoms with Gasteiger partial charge in [-0.2, -0.15) is 0 Å². The number of rotatable bonds is 7. The lowest BCUT2D eigenvalue weighted by Crippen LogP contribution is -2.43. The lowest BCUT2D eigenvalue weighted by molar-refractivity contribution is -0.133. The summed E-state index contributed by atoms with van der Waals surface area (Å²) in [5.74, 6) is 0.961. The smallest absolute Gasteiger partial charge is 0.244 e. The summed E-state index contributed by atoms with van der Waals surface area (Å²) in [6.45, 7) is 1.18. The fourth-order valence-electron chi connectivity index (χ4n) is 4.03. The molecular formula is C26H22Cl2N4O4S. The number of halogens is 2. The Balaban J connectivity index is 1.12. The Hall–Kier alpha value is -3.40. The van der Waals surface area contributed by atoms with Crippen molar-refractivity contribution in [3.05, 3.63) is 74.9 Å². The third-order valence-electron chi connectivity index (χ3n) is 6.05. The van der Waals surface area contributed by atoms with Gasteiger partial charge in [-0.15, -0.1) is 11.3 Å². The van der Waals surface area contributed by atoms with Crippen LogP contribution in [0.25, 0.3) is 28.8 Å². The molecule has 4 aromatic rings. The Morgan fingerprint density at radius 1 is 1.14 bits per heavy atom. The first kappa shape index (κ1) is 25.3. The van der Waals surface area contributed by atoms with E-state index < -0.39 is 0 Å². The number of carbonyl (C=O) groups excluding carboxylic acids is 2. The molecule has 4 heterocycles. The Bertz CT molecular complexity index is 1420. The number of thiazole rings is 1. The highest BCUT2D eigenvalue weighted by molar-refractivity contribution is 7.10. The third-order valence-corrected chi connectivity index (χ3v) is 7.80. The highest BCUT2D eigenvalue weighted by Crippen LogP contribution is 2.35. The number of likely N-dealkylation sites (tertiary alicyclic amines) is 1. The van der Waals surface area contributed by atoms with Gasteiger partial charge in [-0.3, -0.25) is 9.59 Å². The average Bonchev–Trinajstić information content (AvgIpc) is 3.69. The summed E-state index contributed by atoms with van der Waals surface area (Å²) >= 11 is 13.7. The van der Waals surface area contributed by atoms with Gasteiger partial charge in [0.25, 0.3) is 0 Å². The molecule has 11 heteroatoms. The first-order valence-electron chi connectivity index (χ1n) is 11.6. The molecule has 1 aromatic carbocycles. The van der Waals surface area contributed by atoms with Crippen LogP contribution in [0.5, 0.6) is 0 Å². The van der Waals surface area contributed by atoms with Crippen LogP contribution in [0.4, 0.5) is 0 Å². The Morgan fingerprint density at radius 2 is 1.97 bits per heavy atom. The van der Waals surface area contributed by atoms with Crippen LogP contribution in [0.1, 0.15) is 29.5 Å². The Morgan fingerprint density at radius 3 is 2.73 bits per heavy atom. The normalized spacial score (nSPS) is 14.4. The molecule has 0 saturated carbocycles. The van der Waals surface area contributed by atoms with Crippen LogP contribution in [0.3, 0.4) is 0 Å². The number of hydrogen-bond donors (Lipinski definition) is 1. The van der Waals surface area contributed by atoms with E-state index in [-0.39, 0.29) is 24.3 Å². The number of hydrogen-bond acceptors (Lipinski definition) is 7. The van der Waals surface area contributed by atoms with Crippen molar-refractivity contribution in [3.63, 3.8) is 0 Å². The van der Waals surface area contributed by atoms with Crippen molar-refractivity contribution in [3.8, 4) is 22.7 Å². The fraction of sp³-hybridized carbons (Fsp3) is 0.231. The number of furan rings is 1. The van der Waals surface area contributed by atoms with E-state index in [1.54, 1.807) is 46.6 Å². The predicted molar refractivity (Wildman–Crippen MR) is 142 cm³/mol. The number of piperidine rings is 1. The maximum absolute atomic E-state index is 12.5. The summed E-state index contributed by atoms with van der Waals surface area (Å²) in [6, 6.07) is 10.6. The van der Waals surface area contributed by atoms with Crippen molar-refractivity contribution < 1.29 is 18.5 Å². The zero-order valence-corrected chi connectivity index (χ0v) is 21.9. The molecule has 1 aliphatic heterocycles. The van der Waals surface area contributed by atoms with E-state index in [2.05, 4.69) is 10.5 Å². The van der Waals surface area contributed by atoms with Crippen molar-refractivity contribution >= 4 is 52.4 Å². The van der Waals surface area contributed by atoms with E-state index in [1.165, 1.54) is 12.3 Å². The van der Waals surface area contributed by atoms with Gasteiger partial charge in [-0.25, -0.2) is 4.98 Å². The molecule has 0 unspecified atom stereocenters. The molecule has 37 heavy (non-hydrogen) atoms. The summed E-state index contributed by atoms with van der Waals surface area (Å²) in [4.78, 5) is 31.1. The molecule has 3 aromatic heterocycles. The Labute approximate surface area is 226 Å². The molecule has 1 aliphatic rings. The number of nitrogens with one attached hydrogen (secondary N) is 1. The van der Waals surface area contributed by atoms with E-state index in [0.29, 0.717) is 40.3 Å². The van der Waals surface area contributed by atoms with Crippen LogP contribution in [0, 0.1) is 0 Å². The molecule has 5 rings (SSSR count). The van der Waals surface area contributed by atoms with Crippen molar-refractivity contribution in [2.24, 2.45) is 0 Å². The molecule has 0 aliphatic carbocycles. The van der Waals surface area contributed by atoms with Gasteiger partial charge in [0.1, 0.15) is 17.1 Å². The molecule has 1 saturated heterocycles. The van der Waals surface area contributed by atoms with Crippen LogP contribution in [-0.4, -0.2) is 46.5 Å². The zero-order valence-electron chi connectivity index (χ0n) is 19.5. The second kappa shape index (κ2) is 11.3. The highest BCUT2D eigenvalue weighted by atomic mass is 35.5. The maximum Gasteiger partial charge on any atom is 0.244 e. The van der Waals surface area contributed by atoms with Crippen LogP contribution < -0.4 is 5.32 Å². The molecule has 1 N–H and O–H groups in total. The van der Waals surface area contributed by atoms with E-state index in [0.717, 1.165) is 29.1 Å². The molecule has 8 nitrogen and oxygen atoms in total. The van der Waals surface area contributed by atoms with Gasteiger partial charge in [-0.1, -0.05) is 34.4 Å². The molecule has 0 radical (unpaired) electrons. The molecular weight excluding hydrogens is 535 g/mol. The standard InChI is InChI=1S/C26H22Cl2N4O4S/c27-19-5-3-17(12-20(19)28)21-13-23(36-31-21)22-15-37-26(30-22)16-7-9-32(10-8-16)25(34)14-29-24(33)6-4-18-2-1-11-35-18/h1-6,11-13,15-16H,7-10,14H2,(H,29,33). The zero-order chi connectivity index (χ0) is 25.8. The number of aromatic nitrogens is 2. The van der Waals surface area contributed by atoms with Gasteiger partial charge in [0.15, 0.2) is 5.76 Å². The molecule has 0 bridgehead atoms. The SMILES string of the molecule is O=C(C=Cc1ccco1)NCC(=O)N1CCC(c2nc(-c3cc(-c4ccc(Cl)c(Cl)c4)no3)cs2)CC1. The van der Waals surface area contributed by atoms with Crippen LogP contribution in [0.15, 0.2) is 63.1 Å². The predicted octanol–water partition coefficient (Wildman–Crippen LogP) is 5.90. The first-order chi connectivity index (χ1) is 18.0. The minimum absolute atomic E-state index is 0.0416. The van der Waals surface area contributed by atoms with Gasteiger partial charge < -0.3 is 19.2 Å². The minimum Gasteiger partial charge on any atom is -0.465 e. The number of carbonyl (C=O) groups is 2. The minimum atomic E-state index is -0.343. The van der Waals surface area contributed by atoms with Gasteiger partial charge in [0.05, 0.1) is 27.9 Å². The summed E-state index contributed by atoms with van der Waals surface area (Å²) < 4.78 is 10.7. The molecule has 190 valence electrons. The number of benzene rings is 1. The van der Waals surface area contributed by atoms with E-state index in [4.69, 9.17) is 37.1 Å². The van der Waals surface area contributed by atoms with Gasteiger partial charge >= 0.3 is 0 Å². The maximum atomic E-state index is 12.5. The van der Waals surface area contributed by atoms with Crippen LogP contribution in [-0.2, 0) is 9.59 Å². The lowest BCUT2D eigenvalue weighted by atomic mass is 9.97. The molecule has 1 fully saturated rings. The largest absolute Gasteiger partial charge is 0.465 e. The van der Waals surface area contributed by atoms with Gasteiger partial charge in [-0.05, 0) is 43.2 Å². The molecule has 0 spiro atoms. The van der Waals surface area contributed by atoms with Gasteiger partial charge in [0.2, 0.25) is 11.8 Å². The highest BCUT2D eigenvalue weighted by Gasteiger charge is 2.26. The average molecular weight is 557 g/mol. The van der Waals surface area contributed by atoms with E-state index in [1.807, 2.05) is 17.5 Å². The second-order valence-corrected chi connectivity index (χ2v) is 10.2. The topological polar surface area (TPSA) is 101 Å². The van der Waals surface area contributed by atoms with Crippen molar-refractivity contribution in [2.75, 3.05) is 19.6 Å². The van der Waals surface area contributed by atoms with Gasteiger partial charge in [0, 0.05) is 42.1 Å². The van der Waals surface area contributed by atoms with Crippen molar-refractivity contribution in [2.45, 2.75) is 18.8 Å². The number of nitrogens with zero attached hydrogens (tertiary/aromatic N) is 3. The monoisotopic (exact) mass is 556 g/mol. The quantitative estimate of drug-likeness (QED) is 0.284.